The molecule has 2 aromatic rings. The summed E-state index contributed by atoms with van der Waals surface area (Å²) in [5, 5.41) is 3.78. The van der Waals surface area contributed by atoms with Crippen molar-refractivity contribution in [1.82, 2.24) is 5.32 Å². The summed E-state index contributed by atoms with van der Waals surface area (Å²) >= 11 is 6.06. The molecular formula is C21H25ClFNO3. The van der Waals surface area contributed by atoms with Crippen LogP contribution >= 0.6 is 11.6 Å². The van der Waals surface area contributed by atoms with Crippen LogP contribution in [0.1, 0.15) is 30.9 Å². The Bertz CT molecular complexity index is 750. The molecule has 1 atom stereocenters. The lowest BCUT2D eigenvalue weighted by atomic mass is 10.2. The van der Waals surface area contributed by atoms with Crippen LogP contribution in [0.4, 0.5) is 4.39 Å². The third kappa shape index (κ3) is 5.83. The van der Waals surface area contributed by atoms with Crippen LogP contribution in [-0.4, -0.2) is 25.9 Å². The Kier molecular flexibility index (Phi) is 7.33. The second-order valence-electron chi connectivity index (χ2n) is 6.50. The lowest BCUT2D eigenvalue weighted by Crippen LogP contribution is -2.25. The van der Waals surface area contributed by atoms with Gasteiger partial charge in [0.25, 0.3) is 0 Å². The van der Waals surface area contributed by atoms with Crippen molar-refractivity contribution >= 4 is 11.6 Å². The number of ether oxygens (including phenoxy) is 3. The molecule has 1 heterocycles. The quantitative estimate of drug-likeness (QED) is 0.668. The van der Waals surface area contributed by atoms with Gasteiger partial charge in [-0.3, -0.25) is 0 Å². The Hall–Kier alpha value is -1.82. The first-order valence-corrected chi connectivity index (χ1v) is 9.68. The summed E-state index contributed by atoms with van der Waals surface area (Å²) in [6, 6.07) is 10.2. The molecule has 0 bridgehead atoms. The van der Waals surface area contributed by atoms with E-state index >= 15 is 0 Å². The molecule has 1 fully saturated rings. The molecule has 0 spiro atoms. The highest BCUT2D eigenvalue weighted by molar-refractivity contribution is 6.31. The van der Waals surface area contributed by atoms with E-state index in [-0.39, 0.29) is 12.4 Å². The first-order valence-electron chi connectivity index (χ1n) is 9.30. The second-order valence-corrected chi connectivity index (χ2v) is 6.91. The number of halogens is 2. The van der Waals surface area contributed by atoms with Crippen molar-refractivity contribution in [2.45, 2.75) is 39.0 Å². The molecule has 0 aliphatic carbocycles. The summed E-state index contributed by atoms with van der Waals surface area (Å²) in [5.74, 6) is 0.964. The van der Waals surface area contributed by atoms with E-state index in [1.807, 2.05) is 25.1 Å². The Balaban J connectivity index is 1.60. The maximum absolute atomic E-state index is 13.2. The van der Waals surface area contributed by atoms with Crippen LogP contribution in [-0.2, 0) is 17.9 Å². The summed E-state index contributed by atoms with van der Waals surface area (Å²) in [7, 11) is 0. The fourth-order valence-corrected chi connectivity index (χ4v) is 3.25. The molecule has 1 N–H and O–H groups in total. The summed E-state index contributed by atoms with van der Waals surface area (Å²) in [6.45, 7) is 5.18. The van der Waals surface area contributed by atoms with Crippen molar-refractivity contribution in [2.75, 3.05) is 19.8 Å². The molecule has 0 radical (unpaired) electrons. The fourth-order valence-electron chi connectivity index (χ4n) is 3.03. The molecule has 6 heteroatoms. The number of benzene rings is 2. The SMILES string of the molecule is CCOc1cc(CNC[C@H]2CCCO2)ccc1OCc1ccc(F)cc1Cl. The zero-order valence-electron chi connectivity index (χ0n) is 15.5. The summed E-state index contributed by atoms with van der Waals surface area (Å²) in [4.78, 5) is 0. The molecule has 1 aliphatic rings. The molecule has 146 valence electrons. The third-order valence-corrected chi connectivity index (χ3v) is 4.78. The van der Waals surface area contributed by atoms with Gasteiger partial charge in [-0.05, 0) is 49.6 Å². The van der Waals surface area contributed by atoms with Gasteiger partial charge in [-0.15, -0.1) is 0 Å². The lowest BCUT2D eigenvalue weighted by molar-refractivity contribution is 0.110. The highest BCUT2D eigenvalue weighted by Gasteiger charge is 2.15. The van der Waals surface area contributed by atoms with Gasteiger partial charge in [0.15, 0.2) is 11.5 Å². The molecule has 0 amide bonds. The highest BCUT2D eigenvalue weighted by atomic mass is 35.5. The van der Waals surface area contributed by atoms with E-state index < -0.39 is 0 Å². The van der Waals surface area contributed by atoms with Gasteiger partial charge >= 0.3 is 0 Å². The van der Waals surface area contributed by atoms with Gasteiger partial charge in [-0.2, -0.15) is 0 Å². The van der Waals surface area contributed by atoms with Crippen molar-refractivity contribution in [1.29, 1.82) is 0 Å². The van der Waals surface area contributed by atoms with E-state index in [9.17, 15) is 4.39 Å². The van der Waals surface area contributed by atoms with Crippen LogP contribution in [0.5, 0.6) is 11.5 Å². The van der Waals surface area contributed by atoms with Gasteiger partial charge < -0.3 is 19.5 Å². The van der Waals surface area contributed by atoms with Crippen LogP contribution in [0.2, 0.25) is 5.02 Å². The zero-order chi connectivity index (χ0) is 19.1. The Morgan fingerprint density at radius 3 is 2.81 bits per heavy atom. The average Bonchev–Trinajstić information content (AvgIpc) is 3.16. The number of hydrogen-bond acceptors (Lipinski definition) is 4. The second kappa shape index (κ2) is 9.93. The van der Waals surface area contributed by atoms with Gasteiger partial charge in [-0.25, -0.2) is 4.39 Å². The van der Waals surface area contributed by atoms with E-state index in [1.165, 1.54) is 12.1 Å². The van der Waals surface area contributed by atoms with Crippen LogP contribution in [0.15, 0.2) is 36.4 Å². The monoisotopic (exact) mass is 393 g/mol. The van der Waals surface area contributed by atoms with Crippen molar-refractivity contribution in [3.05, 3.63) is 58.4 Å². The maximum atomic E-state index is 13.2. The van der Waals surface area contributed by atoms with Crippen molar-refractivity contribution < 1.29 is 18.6 Å². The molecule has 0 saturated carbocycles. The Labute approximate surface area is 164 Å². The van der Waals surface area contributed by atoms with Gasteiger partial charge in [0, 0.05) is 25.3 Å². The van der Waals surface area contributed by atoms with Crippen LogP contribution in [0, 0.1) is 5.82 Å². The van der Waals surface area contributed by atoms with Gasteiger partial charge in [0.05, 0.1) is 17.7 Å². The van der Waals surface area contributed by atoms with Crippen molar-refractivity contribution in [3.63, 3.8) is 0 Å². The molecule has 27 heavy (non-hydrogen) atoms. The van der Waals surface area contributed by atoms with Crippen LogP contribution in [0.3, 0.4) is 0 Å². The number of nitrogens with one attached hydrogen (secondary N) is 1. The van der Waals surface area contributed by atoms with E-state index in [1.54, 1.807) is 6.07 Å². The number of hydrogen-bond donors (Lipinski definition) is 1. The minimum absolute atomic E-state index is 0.246. The maximum Gasteiger partial charge on any atom is 0.161 e. The van der Waals surface area contributed by atoms with E-state index in [4.69, 9.17) is 25.8 Å². The minimum atomic E-state index is -0.362. The largest absolute Gasteiger partial charge is 0.490 e. The average molecular weight is 394 g/mol. The molecule has 3 rings (SSSR count). The number of rotatable bonds is 9. The van der Waals surface area contributed by atoms with E-state index in [2.05, 4.69) is 5.32 Å². The first-order chi connectivity index (χ1) is 13.2. The van der Waals surface area contributed by atoms with Gasteiger partial charge in [0.2, 0.25) is 0 Å². The normalized spacial score (nSPS) is 16.5. The molecule has 4 nitrogen and oxygen atoms in total. The molecule has 1 aliphatic heterocycles. The summed E-state index contributed by atoms with van der Waals surface area (Å²) < 4.78 is 30.4. The molecule has 2 aromatic carbocycles. The molecule has 1 saturated heterocycles. The zero-order valence-corrected chi connectivity index (χ0v) is 16.2. The van der Waals surface area contributed by atoms with E-state index in [0.717, 1.165) is 43.7 Å². The highest BCUT2D eigenvalue weighted by Crippen LogP contribution is 2.30. The molecule has 0 aromatic heterocycles. The van der Waals surface area contributed by atoms with E-state index in [0.29, 0.717) is 29.2 Å². The lowest BCUT2D eigenvalue weighted by Gasteiger charge is -2.15. The van der Waals surface area contributed by atoms with Gasteiger partial charge in [0.1, 0.15) is 12.4 Å². The van der Waals surface area contributed by atoms with Crippen molar-refractivity contribution in [2.24, 2.45) is 0 Å². The van der Waals surface area contributed by atoms with Crippen molar-refractivity contribution in [3.8, 4) is 11.5 Å². The van der Waals surface area contributed by atoms with Crippen LogP contribution in [0.25, 0.3) is 0 Å². The smallest absolute Gasteiger partial charge is 0.161 e. The Morgan fingerprint density at radius 1 is 1.19 bits per heavy atom. The minimum Gasteiger partial charge on any atom is -0.490 e. The Morgan fingerprint density at radius 2 is 2.07 bits per heavy atom. The standard InChI is InChI=1S/C21H25ClFNO3/c1-2-25-21-10-15(12-24-13-18-4-3-9-26-18)5-8-20(21)27-14-16-6-7-17(23)11-19(16)22/h5-8,10-11,18,24H,2-4,9,12-14H2,1H3/t18-/m1/s1. The molecular weight excluding hydrogens is 369 g/mol. The molecule has 0 unspecified atom stereocenters. The topological polar surface area (TPSA) is 39.7 Å². The van der Waals surface area contributed by atoms with Gasteiger partial charge in [-0.1, -0.05) is 23.7 Å². The predicted octanol–water partition coefficient (Wildman–Crippen LogP) is 4.73. The van der Waals surface area contributed by atoms with Crippen LogP contribution < -0.4 is 14.8 Å². The summed E-state index contributed by atoms with van der Waals surface area (Å²) in [5.41, 5.74) is 1.84. The fraction of sp³-hybridized carbons (Fsp3) is 0.429. The first kappa shape index (κ1) is 19.9. The third-order valence-electron chi connectivity index (χ3n) is 4.43. The predicted molar refractivity (Wildman–Crippen MR) is 104 cm³/mol. The summed E-state index contributed by atoms with van der Waals surface area (Å²) in [6.07, 6.45) is 2.58.